The average Bonchev–Trinajstić information content (AvgIpc) is 3.31. The summed E-state index contributed by atoms with van der Waals surface area (Å²) in [5, 5.41) is 14.7. The molecule has 1 aliphatic heterocycles. The molecule has 0 spiro atoms. The monoisotopic (exact) mass is 381 g/mol. The fourth-order valence-corrected chi connectivity index (χ4v) is 4.18. The van der Waals surface area contributed by atoms with Crippen LogP contribution in [0.5, 0.6) is 0 Å². The zero-order valence-electron chi connectivity index (χ0n) is 14.5. The summed E-state index contributed by atoms with van der Waals surface area (Å²) in [6.07, 6.45) is 4.28. The minimum absolute atomic E-state index is 0.0805. The van der Waals surface area contributed by atoms with Gasteiger partial charge in [0.25, 0.3) is 0 Å². The van der Waals surface area contributed by atoms with Gasteiger partial charge < -0.3 is 14.6 Å². The molecule has 9 heteroatoms. The van der Waals surface area contributed by atoms with Crippen LogP contribution in [0.4, 0.5) is 5.13 Å². The number of amides is 1. The van der Waals surface area contributed by atoms with Crippen molar-refractivity contribution in [3.8, 4) is 0 Å². The largest absolute Gasteiger partial charge is 0.376 e. The number of thioether (sulfide) groups is 1. The van der Waals surface area contributed by atoms with Gasteiger partial charge in [0.2, 0.25) is 5.91 Å². The first kappa shape index (κ1) is 18.3. The number of hydrogen-bond acceptors (Lipinski definition) is 7. The van der Waals surface area contributed by atoms with Gasteiger partial charge >= 0.3 is 0 Å². The van der Waals surface area contributed by atoms with Crippen LogP contribution in [0.1, 0.15) is 37.7 Å². The second-order valence-corrected chi connectivity index (χ2v) is 7.83. The quantitative estimate of drug-likeness (QED) is 0.708. The standard InChI is InChI=1S/C16H23N5O2S2/c1-3-5-13-19-20-16(21(13)8-12-6-4-7-23-12)25-10-14(22)18-15-17-11(2)9-24-15/h9,12H,3-8,10H2,1-2H3,(H,17,18,22)/t12-/m0/s1. The number of rotatable bonds is 8. The summed E-state index contributed by atoms with van der Waals surface area (Å²) in [7, 11) is 0. The number of aromatic nitrogens is 4. The molecule has 1 amide bonds. The van der Waals surface area contributed by atoms with Gasteiger partial charge in [-0.25, -0.2) is 4.98 Å². The Morgan fingerprint density at radius 3 is 3.08 bits per heavy atom. The highest BCUT2D eigenvalue weighted by atomic mass is 32.2. The molecular weight excluding hydrogens is 358 g/mol. The van der Waals surface area contributed by atoms with E-state index in [-0.39, 0.29) is 17.8 Å². The van der Waals surface area contributed by atoms with Crippen LogP contribution in [0, 0.1) is 6.92 Å². The molecule has 0 radical (unpaired) electrons. The zero-order valence-corrected chi connectivity index (χ0v) is 16.2. The van der Waals surface area contributed by atoms with E-state index in [4.69, 9.17) is 4.74 Å². The van der Waals surface area contributed by atoms with E-state index >= 15 is 0 Å². The number of thiazole rings is 1. The van der Waals surface area contributed by atoms with Crippen LogP contribution >= 0.6 is 23.1 Å². The fourth-order valence-electron chi connectivity index (χ4n) is 2.71. The van der Waals surface area contributed by atoms with Crippen molar-refractivity contribution in [1.29, 1.82) is 0 Å². The van der Waals surface area contributed by atoms with Gasteiger partial charge in [0.1, 0.15) is 5.82 Å². The van der Waals surface area contributed by atoms with E-state index in [1.165, 1.54) is 23.1 Å². The van der Waals surface area contributed by atoms with E-state index < -0.39 is 0 Å². The highest BCUT2D eigenvalue weighted by Gasteiger charge is 2.21. The van der Waals surface area contributed by atoms with Gasteiger partial charge in [-0.15, -0.1) is 21.5 Å². The van der Waals surface area contributed by atoms with Crippen molar-refractivity contribution in [3.05, 3.63) is 16.9 Å². The second-order valence-electron chi connectivity index (χ2n) is 6.03. The third-order valence-corrected chi connectivity index (χ3v) is 5.72. The van der Waals surface area contributed by atoms with E-state index in [1.54, 1.807) is 0 Å². The number of hydrogen-bond donors (Lipinski definition) is 1. The maximum atomic E-state index is 12.1. The predicted molar refractivity (Wildman–Crippen MR) is 99.2 cm³/mol. The molecule has 25 heavy (non-hydrogen) atoms. The summed E-state index contributed by atoms with van der Waals surface area (Å²) in [4.78, 5) is 16.4. The molecular formula is C16H23N5O2S2. The molecule has 3 heterocycles. The Labute approximate surface area is 155 Å². The van der Waals surface area contributed by atoms with Crippen molar-refractivity contribution in [2.24, 2.45) is 0 Å². The molecule has 2 aromatic rings. The summed E-state index contributed by atoms with van der Waals surface area (Å²) in [5.74, 6) is 1.17. The summed E-state index contributed by atoms with van der Waals surface area (Å²) in [5.41, 5.74) is 0.911. The van der Waals surface area contributed by atoms with Crippen LogP contribution in [0.25, 0.3) is 0 Å². The van der Waals surface area contributed by atoms with Gasteiger partial charge in [0.05, 0.1) is 24.1 Å². The van der Waals surface area contributed by atoms with E-state index in [1.807, 2.05) is 12.3 Å². The van der Waals surface area contributed by atoms with Crippen molar-refractivity contribution in [2.75, 3.05) is 17.7 Å². The number of anilines is 1. The zero-order chi connectivity index (χ0) is 17.6. The van der Waals surface area contributed by atoms with E-state index in [2.05, 4.69) is 32.0 Å². The molecule has 0 aliphatic carbocycles. The van der Waals surface area contributed by atoms with E-state index in [9.17, 15) is 4.79 Å². The van der Waals surface area contributed by atoms with Gasteiger partial charge in [-0.3, -0.25) is 4.79 Å². The first-order chi connectivity index (χ1) is 12.2. The number of carbonyl (C=O) groups is 1. The molecule has 3 rings (SSSR count). The average molecular weight is 382 g/mol. The predicted octanol–water partition coefficient (Wildman–Crippen LogP) is 2.91. The van der Waals surface area contributed by atoms with E-state index in [0.29, 0.717) is 5.13 Å². The van der Waals surface area contributed by atoms with Crippen LogP contribution in [0.2, 0.25) is 0 Å². The number of nitrogens with zero attached hydrogens (tertiary/aromatic N) is 4. The van der Waals surface area contributed by atoms with Crippen LogP contribution in [-0.2, 0) is 22.5 Å². The van der Waals surface area contributed by atoms with Crippen molar-refractivity contribution >= 4 is 34.1 Å². The topological polar surface area (TPSA) is 81.9 Å². The van der Waals surface area contributed by atoms with Crippen LogP contribution in [-0.4, -0.2) is 44.1 Å². The van der Waals surface area contributed by atoms with Gasteiger partial charge in [0.15, 0.2) is 10.3 Å². The minimum atomic E-state index is -0.0805. The Morgan fingerprint density at radius 1 is 1.52 bits per heavy atom. The highest BCUT2D eigenvalue weighted by molar-refractivity contribution is 7.99. The number of ether oxygens (including phenoxy) is 1. The highest BCUT2D eigenvalue weighted by Crippen LogP contribution is 2.22. The summed E-state index contributed by atoms with van der Waals surface area (Å²) >= 11 is 2.84. The van der Waals surface area contributed by atoms with Gasteiger partial charge in [-0.1, -0.05) is 18.7 Å². The Kier molecular flexibility index (Phi) is 6.44. The molecule has 0 aromatic carbocycles. The first-order valence-corrected chi connectivity index (χ1v) is 10.4. The van der Waals surface area contributed by atoms with E-state index in [0.717, 1.165) is 55.5 Å². The Bertz CT molecular complexity index is 709. The third kappa shape index (κ3) is 5.02. The lowest BCUT2D eigenvalue weighted by atomic mass is 10.2. The van der Waals surface area contributed by atoms with Crippen LogP contribution < -0.4 is 5.32 Å². The van der Waals surface area contributed by atoms with Crippen LogP contribution in [0.15, 0.2) is 10.5 Å². The van der Waals surface area contributed by atoms with Crippen molar-refractivity contribution in [2.45, 2.75) is 57.3 Å². The Balaban J connectivity index is 1.61. The summed E-state index contributed by atoms with van der Waals surface area (Å²) < 4.78 is 7.87. The molecule has 2 aromatic heterocycles. The van der Waals surface area contributed by atoms with Crippen molar-refractivity contribution < 1.29 is 9.53 Å². The number of nitrogens with one attached hydrogen (secondary N) is 1. The molecule has 1 saturated heterocycles. The van der Waals surface area contributed by atoms with Gasteiger partial charge in [-0.2, -0.15) is 0 Å². The smallest absolute Gasteiger partial charge is 0.236 e. The lowest BCUT2D eigenvalue weighted by molar-refractivity contribution is -0.113. The number of carbonyl (C=O) groups excluding carboxylic acids is 1. The molecule has 1 aliphatic rings. The first-order valence-electron chi connectivity index (χ1n) is 8.54. The van der Waals surface area contributed by atoms with Crippen molar-refractivity contribution in [1.82, 2.24) is 19.7 Å². The molecule has 1 N–H and O–H groups in total. The minimum Gasteiger partial charge on any atom is -0.376 e. The van der Waals surface area contributed by atoms with Crippen molar-refractivity contribution in [3.63, 3.8) is 0 Å². The molecule has 0 unspecified atom stereocenters. The van der Waals surface area contributed by atoms with Crippen LogP contribution in [0.3, 0.4) is 0 Å². The fraction of sp³-hybridized carbons (Fsp3) is 0.625. The Morgan fingerprint density at radius 2 is 2.40 bits per heavy atom. The summed E-state index contributed by atoms with van der Waals surface area (Å²) in [6.45, 7) is 5.62. The molecule has 0 bridgehead atoms. The molecule has 7 nitrogen and oxygen atoms in total. The maximum Gasteiger partial charge on any atom is 0.236 e. The Hall–Kier alpha value is -1.45. The maximum absolute atomic E-state index is 12.1. The van der Waals surface area contributed by atoms with Gasteiger partial charge in [0, 0.05) is 18.4 Å². The molecule has 136 valence electrons. The lowest BCUT2D eigenvalue weighted by Crippen LogP contribution is -2.19. The second kappa shape index (κ2) is 8.77. The molecule has 0 saturated carbocycles. The third-order valence-electron chi connectivity index (χ3n) is 3.87. The molecule has 1 atom stereocenters. The molecule has 1 fully saturated rings. The summed E-state index contributed by atoms with van der Waals surface area (Å²) in [6, 6.07) is 0. The number of aryl methyl sites for hydroxylation is 2. The normalized spacial score (nSPS) is 17.1. The lowest BCUT2D eigenvalue weighted by Gasteiger charge is -2.14. The van der Waals surface area contributed by atoms with Gasteiger partial charge in [-0.05, 0) is 26.2 Å². The SMILES string of the molecule is CCCc1nnc(SCC(=O)Nc2nc(C)cs2)n1C[C@@H]1CCCO1.